The van der Waals surface area contributed by atoms with Gasteiger partial charge in [0.2, 0.25) is 12.3 Å². The maximum absolute atomic E-state index is 13.0. The Labute approximate surface area is 222 Å². The summed E-state index contributed by atoms with van der Waals surface area (Å²) in [6.07, 6.45) is -1.32. The van der Waals surface area contributed by atoms with Crippen LogP contribution in [0.15, 0.2) is 61.1 Å². The fourth-order valence-electron chi connectivity index (χ4n) is 4.51. The molecule has 5 rings (SSSR count). The molecule has 1 aliphatic rings. The van der Waals surface area contributed by atoms with Crippen LogP contribution in [0.2, 0.25) is 0 Å². The van der Waals surface area contributed by atoms with Crippen LogP contribution < -0.4 is 10.1 Å². The lowest BCUT2D eigenvalue weighted by molar-refractivity contribution is -0.213. The first-order valence-electron chi connectivity index (χ1n) is 12.3. The molecule has 0 saturated carbocycles. The van der Waals surface area contributed by atoms with E-state index in [0.717, 1.165) is 23.4 Å². The zero-order chi connectivity index (χ0) is 27.6. The fourth-order valence-corrected chi connectivity index (χ4v) is 4.51. The summed E-state index contributed by atoms with van der Waals surface area (Å²) in [4.78, 5) is 23.6. The number of anilines is 1. The van der Waals surface area contributed by atoms with Crippen molar-refractivity contribution in [2.45, 2.75) is 32.5 Å². The van der Waals surface area contributed by atoms with Crippen LogP contribution in [0.1, 0.15) is 23.7 Å². The Kier molecular flexibility index (Phi) is 7.51. The highest BCUT2D eigenvalue weighted by Crippen LogP contribution is 2.32. The number of carbonyl (C=O) groups is 1. The number of ether oxygens (including phenoxy) is 3. The van der Waals surface area contributed by atoms with Crippen LogP contribution in [-0.2, 0) is 28.6 Å². The molecule has 12 heteroatoms. The summed E-state index contributed by atoms with van der Waals surface area (Å²) in [5.41, 5.74) is 1.49. The number of nitrogens with zero attached hydrogens (tertiary/aromatic N) is 4. The number of methoxy groups -OCH3 is 1. The summed E-state index contributed by atoms with van der Waals surface area (Å²) in [7, 11) is 1.60. The molecule has 0 bridgehead atoms. The largest absolute Gasteiger partial charge is 0.439 e. The van der Waals surface area contributed by atoms with Gasteiger partial charge in [0.25, 0.3) is 0 Å². The van der Waals surface area contributed by atoms with Gasteiger partial charge in [-0.1, -0.05) is 6.07 Å². The van der Waals surface area contributed by atoms with Crippen molar-refractivity contribution in [3.8, 4) is 11.6 Å². The Morgan fingerprint density at radius 3 is 2.77 bits per heavy atom. The Bertz CT molecular complexity index is 1490. The first-order valence-corrected chi connectivity index (χ1v) is 12.3. The smallest absolute Gasteiger partial charge is 0.416 e. The fraction of sp³-hybridized carbons (Fsp3) is 0.296. The van der Waals surface area contributed by atoms with Crippen molar-refractivity contribution in [1.82, 2.24) is 19.4 Å². The van der Waals surface area contributed by atoms with E-state index in [4.69, 9.17) is 14.2 Å². The van der Waals surface area contributed by atoms with Crippen molar-refractivity contribution >= 4 is 22.6 Å². The first kappa shape index (κ1) is 26.6. The normalized spacial score (nSPS) is 14.7. The Hall–Kier alpha value is -4.00. The zero-order valence-corrected chi connectivity index (χ0v) is 21.2. The average Bonchev–Trinajstić information content (AvgIpc) is 3.35. The van der Waals surface area contributed by atoms with Gasteiger partial charge in [0, 0.05) is 49.6 Å². The van der Waals surface area contributed by atoms with Gasteiger partial charge < -0.3 is 19.5 Å². The summed E-state index contributed by atoms with van der Waals surface area (Å²) in [5.74, 6) is 0.969. The molecular formula is C27H26F3N5O4. The van der Waals surface area contributed by atoms with Crippen LogP contribution in [0.25, 0.3) is 10.9 Å². The molecule has 1 amide bonds. The van der Waals surface area contributed by atoms with Crippen molar-refractivity contribution in [2.24, 2.45) is 0 Å². The molecule has 0 spiro atoms. The molecule has 4 aromatic rings. The number of hydrogen-bond acceptors (Lipinski definition) is 7. The molecule has 1 unspecified atom stereocenters. The minimum Gasteiger partial charge on any atom is -0.439 e. The van der Waals surface area contributed by atoms with Gasteiger partial charge >= 0.3 is 12.2 Å². The third-order valence-corrected chi connectivity index (χ3v) is 6.34. The number of hydrogen-bond donors (Lipinski definition) is 1. The van der Waals surface area contributed by atoms with Crippen molar-refractivity contribution in [3.63, 3.8) is 0 Å². The summed E-state index contributed by atoms with van der Waals surface area (Å²) in [6, 6.07) is 10.8. The van der Waals surface area contributed by atoms with Crippen molar-refractivity contribution in [1.29, 1.82) is 0 Å². The number of halogens is 3. The highest BCUT2D eigenvalue weighted by Gasteiger charge is 2.31. The zero-order valence-electron chi connectivity index (χ0n) is 21.2. The van der Waals surface area contributed by atoms with Gasteiger partial charge in [0.1, 0.15) is 12.1 Å². The second-order valence-corrected chi connectivity index (χ2v) is 8.84. The summed E-state index contributed by atoms with van der Waals surface area (Å²) in [6.45, 7) is 3.64. The van der Waals surface area contributed by atoms with Crippen LogP contribution in [-0.4, -0.2) is 52.1 Å². The topological polar surface area (TPSA) is 90.7 Å². The van der Waals surface area contributed by atoms with Crippen molar-refractivity contribution < 1.29 is 32.2 Å². The molecule has 0 radical (unpaired) electrons. The van der Waals surface area contributed by atoms with Gasteiger partial charge in [-0.25, -0.2) is 19.7 Å². The summed E-state index contributed by atoms with van der Waals surface area (Å²) < 4.78 is 57.6. The van der Waals surface area contributed by atoms with E-state index in [1.165, 1.54) is 23.0 Å². The lowest BCUT2D eigenvalue weighted by atomic mass is 10.1. The van der Waals surface area contributed by atoms with Gasteiger partial charge in [-0.15, -0.1) is 0 Å². The minimum absolute atomic E-state index is 0.0433. The number of amides is 1. The van der Waals surface area contributed by atoms with Gasteiger partial charge in [-0.3, -0.25) is 4.57 Å². The SMILES string of the molecule is CCOC(OC)N1CCc2c(ncnc2Oc2ccc3c(ccn3C(=O)Nc3cccc(C(F)(F)F)c3)c2)C1. The van der Waals surface area contributed by atoms with Crippen LogP contribution in [0.5, 0.6) is 11.6 Å². The van der Waals surface area contributed by atoms with Gasteiger partial charge in [0.05, 0.1) is 16.8 Å². The van der Waals surface area contributed by atoms with Gasteiger partial charge in [-0.2, -0.15) is 13.2 Å². The van der Waals surface area contributed by atoms with E-state index in [1.807, 2.05) is 11.8 Å². The number of fused-ring (bicyclic) bond motifs is 2. The summed E-state index contributed by atoms with van der Waals surface area (Å²) in [5, 5.41) is 3.22. The van der Waals surface area contributed by atoms with E-state index in [-0.39, 0.29) is 5.69 Å². The number of benzene rings is 2. The molecule has 9 nitrogen and oxygen atoms in total. The van der Waals surface area contributed by atoms with E-state index in [0.29, 0.717) is 48.6 Å². The lowest BCUT2D eigenvalue weighted by Crippen LogP contribution is -2.42. The third kappa shape index (κ3) is 5.72. The Morgan fingerprint density at radius 1 is 1.15 bits per heavy atom. The second kappa shape index (κ2) is 11.0. The molecule has 1 N–H and O–H groups in total. The average molecular weight is 542 g/mol. The first-order chi connectivity index (χ1) is 18.8. The number of alkyl halides is 3. The number of nitrogens with one attached hydrogen (secondary N) is 1. The maximum atomic E-state index is 13.0. The third-order valence-electron chi connectivity index (χ3n) is 6.34. The predicted molar refractivity (Wildman–Crippen MR) is 136 cm³/mol. The molecular weight excluding hydrogens is 515 g/mol. The van der Waals surface area contributed by atoms with Crippen LogP contribution >= 0.6 is 0 Å². The Balaban J connectivity index is 1.32. The van der Waals surface area contributed by atoms with Crippen LogP contribution in [0, 0.1) is 0 Å². The molecule has 204 valence electrons. The van der Waals surface area contributed by atoms with E-state index >= 15 is 0 Å². The van der Waals surface area contributed by atoms with E-state index < -0.39 is 24.2 Å². The molecule has 1 aliphatic heterocycles. The molecule has 3 heterocycles. The summed E-state index contributed by atoms with van der Waals surface area (Å²) >= 11 is 0. The predicted octanol–water partition coefficient (Wildman–Crippen LogP) is 5.65. The van der Waals surface area contributed by atoms with Crippen molar-refractivity contribution in [3.05, 3.63) is 77.9 Å². The van der Waals surface area contributed by atoms with Crippen molar-refractivity contribution in [2.75, 3.05) is 25.6 Å². The molecule has 0 saturated heterocycles. The standard InChI is InChI=1S/C27H26F3N5O4/c1-3-38-26(37-2)34-11-10-21-22(15-34)31-16-32-24(21)39-20-7-8-23-17(13-20)9-12-35(23)25(36)33-19-6-4-5-18(14-19)27(28,29)30/h4-9,12-14,16,26H,3,10-11,15H2,1-2H3,(H,33,36). The number of rotatable bonds is 7. The highest BCUT2D eigenvalue weighted by atomic mass is 19.4. The van der Waals surface area contributed by atoms with Gasteiger partial charge in [0.15, 0.2) is 0 Å². The van der Waals surface area contributed by atoms with Crippen LogP contribution in [0.3, 0.4) is 0 Å². The lowest BCUT2D eigenvalue weighted by Gasteiger charge is -2.33. The van der Waals surface area contributed by atoms with E-state index in [1.54, 1.807) is 37.6 Å². The number of carbonyl (C=O) groups excluding carboxylic acids is 1. The minimum atomic E-state index is -4.50. The van der Waals surface area contributed by atoms with E-state index in [9.17, 15) is 18.0 Å². The monoisotopic (exact) mass is 541 g/mol. The second-order valence-electron chi connectivity index (χ2n) is 8.84. The Morgan fingerprint density at radius 2 is 2.00 bits per heavy atom. The van der Waals surface area contributed by atoms with E-state index in [2.05, 4.69) is 15.3 Å². The quantitative estimate of drug-likeness (QED) is 0.303. The number of aromatic nitrogens is 3. The molecule has 2 aromatic carbocycles. The highest BCUT2D eigenvalue weighted by molar-refractivity contribution is 5.98. The molecule has 0 aliphatic carbocycles. The molecule has 1 atom stereocenters. The maximum Gasteiger partial charge on any atom is 0.416 e. The van der Waals surface area contributed by atoms with Crippen LogP contribution in [0.4, 0.5) is 23.7 Å². The molecule has 39 heavy (non-hydrogen) atoms. The van der Waals surface area contributed by atoms with Gasteiger partial charge in [-0.05, 0) is 55.8 Å². The molecule has 0 fully saturated rings. The molecule has 2 aromatic heterocycles.